The zero-order valence-electron chi connectivity index (χ0n) is 10.5. The van der Waals surface area contributed by atoms with Gasteiger partial charge in [-0.1, -0.05) is 6.07 Å². The van der Waals surface area contributed by atoms with Crippen LogP contribution in [0.25, 0.3) is 0 Å². The molecule has 0 fully saturated rings. The Hall–Kier alpha value is -2.24. The van der Waals surface area contributed by atoms with Gasteiger partial charge in [0, 0.05) is 0 Å². The normalized spacial score (nSPS) is 17.3. The van der Waals surface area contributed by atoms with Crippen LogP contribution in [0.5, 0.6) is 0 Å². The van der Waals surface area contributed by atoms with Gasteiger partial charge in [0.1, 0.15) is 12.1 Å². The van der Waals surface area contributed by atoms with E-state index in [2.05, 4.69) is 20.3 Å². The van der Waals surface area contributed by atoms with Crippen LogP contribution in [0.15, 0.2) is 18.5 Å². The van der Waals surface area contributed by atoms with Crippen LogP contribution in [-0.2, 0) is 6.42 Å². The summed E-state index contributed by atoms with van der Waals surface area (Å²) >= 11 is 0. The molecule has 98 valence electrons. The summed E-state index contributed by atoms with van der Waals surface area (Å²) in [6, 6.07) is 3.60. The molecule has 19 heavy (non-hydrogen) atoms. The number of benzene rings is 1. The first kappa shape index (κ1) is 11.8. The molecule has 0 saturated carbocycles. The number of hydrogen-bond donors (Lipinski definition) is 2. The van der Waals surface area contributed by atoms with Crippen LogP contribution in [0, 0.1) is 12.7 Å². The lowest BCUT2D eigenvalue weighted by molar-refractivity contribution is 0.616. The van der Waals surface area contributed by atoms with Gasteiger partial charge in [0.2, 0.25) is 11.9 Å². The minimum Gasteiger partial charge on any atom is -0.368 e. The van der Waals surface area contributed by atoms with Gasteiger partial charge >= 0.3 is 0 Å². The molecule has 1 heterocycles. The zero-order valence-corrected chi connectivity index (χ0v) is 10.5. The van der Waals surface area contributed by atoms with E-state index in [9.17, 15) is 4.39 Å². The number of anilines is 2. The molecule has 1 aliphatic carbocycles. The molecule has 0 saturated heterocycles. The van der Waals surface area contributed by atoms with Crippen molar-refractivity contribution >= 4 is 11.9 Å². The second-order valence-electron chi connectivity index (χ2n) is 4.70. The number of nitrogens with zero attached hydrogens (tertiary/aromatic N) is 3. The Balaban J connectivity index is 1.88. The standard InChI is InChI=1S/C13H14FN5/c1-7-4-9-8(5-10(7)14)2-3-11(9)18-13-17-6-16-12(15)19-13/h4-6,11H,2-3H2,1H3,(H3,15,16,17,18,19)/t11-/m0/s1. The molecular formula is C13H14FN5. The Kier molecular flexibility index (Phi) is 2.77. The summed E-state index contributed by atoms with van der Waals surface area (Å²) in [7, 11) is 0. The molecule has 2 aromatic rings. The number of aryl methyl sites for hydroxylation is 2. The van der Waals surface area contributed by atoms with Crippen LogP contribution in [0.2, 0.25) is 0 Å². The molecule has 0 radical (unpaired) electrons. The Morgan fingerprint density at radius 1 is 1.37 bits per heavy atom. The molecule has 1 aromatic heterocycles. The Morgan fingerprint density at radius 2 is 2.21 bits per heavy atom. The van der Waals surface area contributed by atoms with Crippen molar-refractivity contribution in [3.05, 3.63) is 41.0 Å². The van der Waals surface area contributed by atoms with Gasteiger partial charge in [-0.25, -0.2) is 14.4 Å². The predicted molar refractivity (Wildman–Crippen MR) is 70.1 cm³/mol. The molecule has 0 amide bonds. The van der Waals surface area contributed by atoms with Crippen molar-refractivity contribution in [2.75, 3.05) is 11.1 Å². The average Bonchev–Trinajstić information content (AvgIpc) is 2.73. The van der Waals surface area contributed by atoms with Gasteiger partial charge in [0.05, 0.1) is 6.04 Å². The third kappa shape index (κ3) is 2.21. The molecule has 3 rings (SSSR count). The van der Waals surface area contributed by atoms with Gasteiger partial charge < -0.3 is 11.1 Å². The number of hydrogen-bond acceptors (Lipinski definition) is 5. The van der Waals surface area contributed by atoms with Crippen LogP contribution >= 0.6 is 0 Å². The lowest BCUT2D eigenvalue weighted by Gasteiger charge is -2.14. The van der Waals surface area contributed by atoms with E-state index in [0.29, 0.717) is 11.5 Å². The molecule has 0 bridgehead atoms. The second-order valence-corrected chi connectivity index (χ2v) is 4.70. The van der Waals surface area contributed by atoms with Crippen LogP contribution in [0.4, 0.5) is 16.3 Å². The number of rotatable bonds is 2. The van der Waals surface area contributed by atoms with E-state index in [1.807, 2.05) is 6.07 Å². The number of aromatic nitrogens is 3. The lowest BCUT2D eigenvalue weighted by Crippen LogP contribution is -2.11. The van der Waals surface area contributed by atoms with Crippen LogP contribution in [0.1, 0.15) is 29.2 Å². The fourth-order valence-electron chi connectivity index (χ4n) is 2.43. The Labute approximate surface area is 110 Å². The third-order valence-electron chi connectivity index (χ3n) is 3.39. The van der Waals surface area contributed by atoms with Crippen molar-refractivity contribution in [3.8, 4) is 0 Å². The molecule has 3 N–H and O–H groups in total. The molecular weight excluding hydrogens is 245 g/mol. The molecule has 0 aliphatic heterocycles. The first-order valence-corrected chi connectivity index (χ1v) is 6.13. The highest BCUT2D eigenvalue weighted by Crippen LogP contribution is 2.34. The molecule has 1 aromatic carbocycles. The van der Waals surface area contributed by atoms with Crippen LogP contribution in [0.3, 0.4) is 0 Å². The summed E-state index contributed by atoms with van der Waals surface area (Å²) in [5, 5.41) is 3.22. The molecule has 1 aliphatic rings. The molecule has 1 atom stereocenters. The highest BCUT2D eigenvalue weighted by molar-refractivity contribution is 5.43. The molecule has 5 nitrogen and oxygen atoms in total. The minimum atomic E-state index is -0.149. The average molecular weight is 259 g/mol. The topological polar surface area (TPSA) is 76.7 Å². The Morgan fingerprint density at radius 3 is 3.00 bits per heavy atom. The number of halogens is 1. The van der Waals surface area contributed by atoms with E-state index in [1.165, 1.54) is 6.33 Å². The van der Waals surface area contributed by atoms with Crippen molar-refractivity contribution in [3.63, 3.8) is 0 Å². The number of nitrogens with one attached hydrogen (secondary N) is 1. The van der Waals surface area contributed by atoms with Gasteiger partial charge in [-0.15, -0.1) is 0 Å². The summed E-state index contributed by atoms with van der Waals surface area (Å²) < 4.78 is 13.5. The first-order valence-electron chi connectivity index (χ1n) is 6.13. The fraction of sp³-hybridized carbons (Fsp3) is 0.308. The van der Waals surface area contributed by atoms with Gasteiger partial charge in [0.25, 0.3) is 0 Å². The largest absolute Gasteiger partial charge is 0.368 e. The van der Waals surface area contributed by atoms with E-state index in [0.717, 1.165) is 24.0 Å². The summed E-state index contributed by atoms with van der Waals surface area (Å²) in [6.07, 6.45) is 3.12. The van der Waals surface area contributed by atoms with Crippen LogP contribution in [-0.4, -0.2) is 15.0 Å². The van der Waals surface area contributed by atoms with Gasteiger partial charge in [-0.3, -0.25) is 0 Å². The highest BCUT2D eigenvalue weighted by atomic mass is 19.1. The summed E-state index contributed by atoms with van der Waals surface area (Å²) in [5.74, 6) is 0.488. The molecule has 0 spiro atoms. The van der Waals surface area contributed by atoms with Crippen molar-refractivity contribution in [1.29, 1.82) is 0 Å². The van der Waals surface area contributed by atoms with E-state index in [4.69, 9.17) is 5.73 Å². The maximum atomic E-state index is 13.5. The van der Waals surface area contributed by atoms with Gasteiger partial charge in [-0.2, -0.15) is 4.98 Å². The maximum absolute atomic E-state index is 13.5. The maximum Gasteiger partial charge on any atom is 0.227 e. The van der Waals surface area contributed by atoms with E-state index >= 15 is 0 Å². The summed E-state index contributed by atoms with van der Waals surface area (Å²) in [5.41, 5.74) is 8.33. The number of nitrogen functional groups attached to an aromatic ring is 1. The van der Waals surface area contributed by atoms with Crippen molar-refractivity contribution < 1.29 is 4.39 Å². The fourth-order valence-corrected chi connectivity index (χ4v) is 2.43. The molecule has 0 unspecified atom stereocenters. The van der Waals surface area contributed by atoms with E-state index in [1.54, 1.807) is 13.0 Å². The van der Waals surface area contributed by atoms with Crippen molar-refractivity contribution in [2.45, 2.75) is 25.8 Å². The third-order valence-corrected chi connectivity index (χ3v) is 3.39. The van der Waals surface area contributed by atoms with Crippen molar-refractivity contribution in [2.24, 2.45) is 0 Å². The SMILES string of the molecule is Cc1cc2c(cc1F)CC[C@@H]2Nc1ncnc(N)n1. The van der Waals surface area contributed by atoms with E-state index < -0.39 is 0 Å². The molecule has 6 heteroatoms. The minimum absolute atomic E-state index is 0.0936. The lowest BCUT2D eigenvalue weighted by atomic mass is 10.0. The van der Waals surface area contributed by atoms with Crippen molar-refractivity contribution in [1.82, 2.24) is 15.0 Å². The number of fused-ring (bicyclic) bond motifs is 1. The summed E-state index contributed by atoms with van der Waals surface area (Å²) in [4.78, 5) is 11.8. The highest BCUT2D eigenvalue weighted by Gasteiger charge is 2.24. The quantitative estimate of drug-likeness (QED) is 0.862. The predicted octanol–water partition coefficient (Wildman–Crippen LogP) is 2.00. The smallest absolute Gasteiger partial charge is 0.227 e. The monoisotopic (exact) mass is 259 g/mol. The van der Waals surface area contributed by atoms with Gasteiger partial charge in [0.15, 0.2) is 0 Å². The Bertz CT molecular complexity index is 628. The summed E-state index contributed by atoms with van der Waals surface area (Å²) in [6.45, 7) is 1.77. The first-order chi connectivity index (χ1) is 9.13. The van der Waals surface area contributed by atoms with Gasteiger partial charge in [-0.05, 0) is 42.5 Å². The van der Waals surface area contributed by atoms with Crippen LogP contribution < -0.4 is 11.1 Å². The van der Waals surface area contributed by atoms with E-state index in [-0.39, 0.29) is 17.8 Å². The number of nitrogens with two attached hydrogens (primary N) is 1. The zero-order chi connectivity index (χ0) is 13.4. The second kappa shape index (κ2) is 4.46.